The van der Waals surface area contributed by atoms with Crippen LogP contribution < -0.4 is 15.4 Å². The second-order valence-corrected chi connectivity index (χ2v) is 3.91. The lowest BCUT2D eigenvalue weighted by molar-refractivity contribution is 0.137. The number of ether oxygens (including phenoxy) is 1. The molecule has 0 saturated carbocycles. The van der Waals surface area contributed by atoms with E-state index in [0.29, 0.717) is 18.4 Å². The number of hydrogen-bond acceptors (Lipinski definition) is 7. The quantitative estimate of drug-likeness (QED) is 0.661. The minimum atomic E-state index is -0.448. The Morgan fingerprint density at radius 1 is 1.24 bits per heavy atom. The summed E-state index contributed by atoms with van der Waals surface area (Å²) < 4.78 is 4.95. The van der Waals surface area contributed by atoms with Gasteiger partial charge >= 0.3 is 6.01 Å². The Labute approximate surface area is 101 Å². The molecule has 1 atom stereocenters. The maximum Gasteiger partial charge on any atom is 0.322 e. The van der Waals surface area contributed by atoms with Crippen molar-refractivity contribution in [1.29, 1.82) is 0 Å². The minimum absolute atomic E-state index is 0.176. The van der Waals surface area contributed by atoms with Crippen LogP contribution in [-0.2, 0) is 0 Å². The molecule has 0 aliphatic rings. The molecule has 96 valence electrons. The summed E-state index contributed by atoms with van der Waals surface area (Å²) in [6.45, 7) is 4.27. The van der Waals surface area contributed by atoms with Crippen molar-refractivity contribution in [2.45, 2.75) is 20.0 Å². The summed E-state index contributed by atoms with van der Waals surface area (Å²) in [5.41, 5.74) is 0. The lowest BCUT2D eigenvalue weighted by Gasteiger charge is -2.15. The van der Waals surface area contributed by atoms with Gasteiger partial charge < -0.3 is 20.5 Å². The average molecular weight is 241 g/mol. The van der Waals surface area contributed by atoms with Crippen molar-refractivity contribution in [2.75, 3.05) is 31.3 Å². The molecule has 7 heteroatoms. The lowest BCUT2D eigenvalue weighted by atomic mass is 10.1. The van der Waals surface area contributed by atoms with Crippen LogP contribution in [0.4, 0.5) is 11.9 Å². The number of hydrogen-bond donors (Lipinski definition) is 3. The first-order chi connectivity index (χ1) is 8.06. The summed E-state index contributed by atoms with van der Waals surface area (Å²) >= 11 is 0. The summed E-state index contributed by atoms with van der Waals surface area (Å²) in [5.74, 6) is 0.967. The van der Waals surface area contributed by atoms with Crippen molar-refractivity contribution < 1.29 is 9.84 Å². The number of rotatable bonds is 6. The molecule has 0 fully saturated rings. The fourth-order valence-corrected chi connectivity index (χ4v) is 1.07. The first kappa shape index (κ1) is 13.4. The Kier molecular flexibility index (Phi) is 4.89. The van der Waals surface area contributed by atoms with Gasteiger partial charge in [0.25, 0.3) is 0 Å². The van der Waals surface area contributed by atoms with Crippen LogP contribution in [0.2, 0.25) is 0 Å². The van der Waals surface area contributed by atoms with Crippen LogP contribution in [0.3, 0.4) is 0 Å². The molecule has 1 aromatic heterocycles. The maximum absolute atomic E-state index is 9.66. The zero-order valence-electron chi connectivity index (χ0n) is 10.6. The number of aliphatic hydroxyl groups excluding tert-OH is 1. The molecule has 0 radical (unpaired) electrons. The highest BCUT2D eigenvalue weighted by atomic mass is 16.5. The third-order valence-electron chi connectivity index (χ3n) is 2.26. The highest BCUT2D eigenvalue weighted by molar-refractivity contribution is 5.35. The van der Waals surface area contributed by atoms with E-state index in [9.17, 15) is 5.11 Å². The van der Waals surface area contributed by atoms with E-state index in [4.69, 9.17) is 4.74 Å². The Morgan fingerprint density at radius 2 is 1.88 bits per heavy atom. The molecule has 1 unspecified atom stereocenters. The van der Waals surface area contributed by atoms with Crippen molar-refractivity contribution in [3.63, 3.8) is 0 Å². The number of aliphatic hydroxyl groups is 1. The van der Waals surface area contributed by atoms with E-state index >= 15 is 0 Å². The Bertz CT molecular complexity index is 336. The van der Waals surface area contributed by atoms with Gasteiger partial charge in [0.15, 0.2) is 0 Å². The molecule has 1 rings (SSSR count). The number of nitrogens with zero attached hydrogens (tertiary/aromatic N) is 3. The maximum atomic E-state index is 9.66. The molecule has 7 nitrogen and oxygen atoms in total. The molecule has 1 aromatic rings. The number of aromatic nitrogens is 3. The van der Waals surface area contributed by atoms with Gasteiger partial charge in [-0.25, -0.2) is 0 Å². The molecule has 1 heterocycles. The van der Waals surface area contributed by atoms with Gasteiger partial charge in [-0.15, -0.1) is 0 Å². The SMILES string of the molecule is CNc1nc(NCC(O)C(C)C)nc(OC)n1. The molecule has 0 aromatic carbocycles. The van der Waals surface area contributed by atoms with Crippen molar-refractivity contribution >= 4 is 11.9 Å². The van der Waals surface area contributed by atoms with E-state index in [-0.39, 0.29) is 11.9 Å². The second kappa shape index (κ2) is 6.19. The van der Waals surface area contributed by atoms with Crippen LogP contribution in [0.25, 0.3) is 0 Å². The monoisotopic (exact) mass is 241 g/mol. The van der Waals surface area contributed by atoms with Gasteiger partial charge in [0, 0.05) is 13.6 Å². The number of nitrogens with one attached hydrogen (secondary N) is 2. The number of methoxy groups -OCH3 is 1. The fraction of sp³-hybridized carbons (Fsp3) is 0.700. The number of anilines is 2. The molecule has 0 aliphatic carbocycles. The zero-order valence-corrected chi connectivity index (χ0v) is 10.6. The van der Waals surface area contributed by atoms with Gasteiger partial charge in [0.05, 0.1) is 13.2 Å². The van der Waals surface area contributed by atoms with E-state index in [0.717, 1.165) is 0 Å². The fourth-order valence-electron chi connectivity index (χ4n) is 1.07. The van der Waals surface area contributed by atoms with Crippen LogP contribution in [-0.4, -0.2) is 46.9 Å². The van der Waals surface area contributed by atoms with Crippen LogP contribution in [0, 0.1) is 5.92 Å². The van der Waals surface area contributed by atoms with E-state index in [1.807, 2.05) is 13.8 Å². The molecule has 0 bridgehead atoms. The predicted octanol–water partition coefficient (Wildman–Crippen LogP) is 0.351. The molecule has 0 saturated heterocycles. The molecule has 0 spiro atoms. The third kappa shape index (κ3) is 4.03. The predicted molar refractivity (Wildman–Crippen MR) is 65.3 cm³/mol. The smallest absolute Gasteiger partial charge is 0.322 e. The molecule has 17 heavy (non-hydrogen) atoms. The van der Waals surface area contributed by atoms with Crippen molar-refractivity contribution in [1.82, 2.24) is 15.0 Å². The average Bonchev–Trinajstić information content (AvgIpc) is 2.35. The molecule has 0 aliphatic heterocycles. The summed E-state index contributed by atoms with van der Waals surface area (Å²) in [5, 5.41) is 15.4. The highest BCUT2D eigenvalue weighted by Crippen LogP contribution is 2.10. The van der Waals surface area contributed by atoms with Crippen molar-refractivity contribution in [2.24, 2.45) is 5.92 Å². The molecular formula is C10H19N5O2. The van der Waals surface area contributed by atoms with Crippen LogP contribution in [0.1, 0.15) is 13.8 Å². The van der Waals surface area contributed by atoms with Gasteiger partial charge in [-0.2, -0.15) is 15.0 Å². The van der Waals surface area contributed by atoms with Crippen molar-refractivity contribution in [3.8, 4) is 6.01 Å². The standard InChI is InChI=1S/C10H19N5O2/c1-6(2)7(16)5-12-9-13-8(11-3)14-10(15-9)17-4/h6-7,16H,5H2,1-4H3,(H2,11,12,13,14,15). The second-order valence-electron chi connectivity index (χ2n) is 3.91. The van der Waals surface area contributed by atoms with Crippen molar-refractivity contribution in [3.05, 3.63) is 0 Å². The van der Waals surface area contributed by atoms with Gasteiger partial charge in [-0.3, -0.25) is 0 Å². The first-order valence-electron chi connectivity index (χ1n) is 5.46. The Morgan fingerprint density at radius 3 is 2.41 bits per heavy atom. The minimum Gasteiger partial charge on any atom is -0.467 e. The third-order valence-corrected chi connectivity index (χ3v) is 2.26. The summed E-state index contributed by atoms with van der Waals surface area (Å²) in [7, 11) is 3.20. The normalized spacial score (nSPS) is 12.4. The summed E-state index contributed by atoms with van der Waals surface area (Å²) in [6.07, 6.45) is -0.448. The van der Waals surface area contributed by atoms with Crippen LogP contribution in [0.15, 0.2) is 0 Å². The summed E-state index contributed by atoms with van der Waals surface area (Å²) in [4.78, 5) is 12.1. The summed E-state index contributed by atoms with van der Waals surface area (Å²) in [6, 6.07) is 0.228. The van der Waals surface area contributed by atoms with E-state index in [1.54, 1.807) is 7.05 Å². The Balaban J connectivity index is 2.70. The van der Waals surface area contributed by atoms with Gasteiger partial charge in [0.1, 0.15) is 0 Å². The van der Waals surface area contributed by atoms with E-state index in [2.05, 4.69) is 25.6 Å². The lowest BCUT2D eigenvalue weighted by Crippen LogP contribution is -2.25. The Hall–Kier alpha value is -1.63. The topological polar surface area (TPSA) is 92.2 Å². The van der Waals surface area contributed by atoms with E-state index in [1.165, 1.54) is 7.11 Å². The van der Waals surface area contributed by atoms with E-state index < -0.39 is 6.10 Å². The first-order valence-corrected chi connectivity index (χ1v) is 5.46. The molecular weight excluding hydrogens is 222 g/mol. The van der Waals surface area contributed by atoms with Gasteiger partial charge in [-0.05, 0) is 5.92 Å². The molecule has 3 N–H and O–H groups in total. The zero-order chi connectivity index (χ0) is 12.8. The van der Waals surface area contributed by atoms with Gasteiger partial charge in [-0.1, -0.05) is 13.8 Å². The van der Waals surface area contributed by atoms with Crippen LogP contribution in [0.5, 0.6) is 6.01 Å². The van der Waals surface area contributed by atoms with Crippen LogP contribution >= 0.6 is 0 Å². The largest absolute Gasteiger partial charge is 0.467 e. The molecule has 0 amide bonds. The highest BCUT2D eigenvalue weighted by Gasteiger charge is 2.11. The van der Waals surface area contributed by atoms with Gasteiger partial charge in [0.2, 0.25) is 11.9 Å².